The maximum absolute atomic E-state index is 13.5. The fourth-order valence-corrected chi connectivity index (χ4v) is 11.3. The molecule has 0 aromatic carbocycles. The minimum Gasteiger partial charge on any atom is -0.462 e. The molecular weight excluding hydrogens is 1320 g/mol. The number of rotatable bonds is 78. The fourth-order valence-electron chi connectivity index (χ4n) is 11.3. The van der Waals surface area contributed by atoms with Crippen LogP contribution in [0.4, 0.5) is 0 Å². The number of carbonyl (C=O) groups excluding carboxylic acids is 8. The molecule has 0 radical (unpaired) electrons. The van der Waals surface area contributed by atoms with Crippen molar-refractivity contribution < 1.29 is 99.9 Å². The Morgan fingerprint density at radius 1 is 0.165 bits per heavy atom. The Morgan fingerprint density at radius 3 is 0.437 bits per heavy atom. The van der Waals surface area contributed by atoms with Crippen molar-refractivity contribution in [1.29, 1.82) is 0 Å². The lowest BCUT2D eigenvalue weighted by Crippen LogP contribution is -2.36. The zero-order valence-corrected chi connectivity index (χ0v) is 66.5. The van der Waals surface area contributed by atoms with Gasteiger partial charge >= 0.3 is 47.8 Å². The van der Waals surface area contributed by atoms with Crippen molar-refractivity contribution in [2.24, 2.45) is 0 Å². The van der Waals surface area contributed by atoms with Crippen LogP contribution in [-0.2, 0) is 99.9 Å². The van der Waals surface area contributed by atoms with Gasteiger partial charge in [-0.25, -0.2) is 0 Å². The maximum Gasteiger partial charge on any atom is 0.306 e. The summed E-state index contributed by atoms with van der Waals surface area (Å²) >= 11 is 0. The van der Waals surface area contributed by atoms with Crippen LogP contribution >= 0.6 is 0 Å². The van der Waals surface area contributed by atoms with Crippen LogP contribution < -0.4 is 0 Å². The minimum absolute atomic E-state index is 0.145. The Hall–Kier alpha value is -4.44. The molecule has 0 aromatic heterocycles. The van der Waals surface area contributed by atoms with Crippen LogP contribution in [0.15, 0.2) is 0 Å². The van der Waals surface area contributed by atoms with Gasteiger partial charge in [0.15, 0.2) is 12.2 Å². The van der Waals surface area contributed by atoms with E-state index in [0.717, 1.165) is 205 Å². The number of ether oxygens (including phenoxy) is 13. The summed E-state index contributed by atoms with van der Waals surface area (Å²) in [6.45, 7) is 15.0. The number of unbranched alkanes of at least 4 members (excludes halogenated alkanes) is 32. The van der Waals surface area contributed by atoms with Gasteiger partial charge < -0.3 is 61.6 Å². The van der Waals surface area contributed by atoms with E-state index in [1.54, 1.807) is 0 Å². The molecule has 0 aliphatic carbocycles. The zero-order valence-electron chi connectivity index (χ0n) is 66.5. The Balaban J connectivity index is 6.81. The monoisotopic (exact) mass is 1470 g/mol. The molecule has 0 saturated carbocycles. The molecule has 21 nitrogen and oxygen atoms in total. The summed E-state index contributed by atoms with van der Waals surface area (Å²) in [6, 6.07) is 0. The summed E-state index contributed by atoms with van der Waals surface area (Å²) in [7, 11) is 0. The molecule has 604 valence electrons. The summed E-state index contributed by atoms with van der Waals surface area (Å²) in [5.41, 5.74) is 0. The normalized spacial score (nSPS) is 13.1. The molecule has 0 N–H and O–H groups in total. The van der Waals surface area contributed by atoms with Gasteiger partial charge in [-0.1, -0.05) is 261 Å². The molecule has 0 fully saturated rings. The van der Waals surface area contributed by atoms with Gasteiger partial charge in [-0.15, -0.1) is 0 Å². The lowest BCUT2D eigenvalue weighted by molar-refractivity contribution is -0.169. The van der Waals surface area contributed by atoms with Crippen LogP contribution in [0, 0.1) is 0 Å². The SMILES string of the molecule is CCCCCCCC(=O)OCC(COCC(COCC(COCC(COCC(COCC(COC(=O)CCCCCCC)OC(=O)CCCCCCC)OC(=O)CCCCCCC)OC(=O)CCCCCCC)OC(=O)CCCCCCC)OC(=O)CCCCCCC)OC(=O)CCCCCCC. The smallest absolute Gasteiger partial charge is 0.306 e. The van der Waals surface area contributed by atoms with Crippen molar-refractivity contribution in [1.82, 2.24) is 0 Å². The second-order valence-corrected chi connectivity index (χ2v) is 28.0. The predicted octanol–water partition coefficient (Wildman–Crippen LogP) is 18.5. The van der Waals surface area contributed by atoms with E-state index in [4.69, 9.17) is 61.6 Å². The van der Waals surface area contributed by atoms with Gasteiger partial charge in [0.1, 0.15) is 37.6 Å². The molecule has 0 heterocycles. The minimum atomic E-state index is -0.960. The first-order valence-electron chi connectivity index (χ1n) is 41.5. The Labute approximate surface area is 624 Å². The van der Waals surface area contributed by atoms with Crippen molar-refractivity contribution in [2.45, 2.75) is 400 Å². The highest BCUT2D eigenvalue weighted by Crippen LogP contribution is 2.17. The summed E-state index contributed by atoms with van der Waals surface area (Å²) in [5.74, 6) is -3.37. The zero-order chi connectivity index (χ0) is 75.7. The van der Waals surface area contributed by atoms with Crippen LogP contribution in [-0.4, -0.2) is 164 Å². The molecule has 0 amide bonds. The first-order chi connectivity index (χ1) is 50.2. The quantitative estimate of drug-likeness (QED) is 0.0311. The number of hydrogen-bond acceptors (Lipinski definition) is 21. The highest BCUT2D eigenvalue weighted by molar-refractivity contribution is 5.72. The summed E-state index contributed by atoms with van der Waals surface area (Å²) in [4.78, 5) is 106. The van der Waals surface area contributed by atoms with E-state index >= 15 is 0 Å². The van der Waals surface area contributed by atoms with E-state index in [1.807, 2.05) is 0 Å². The fraction of sp³-hybridized carbons (Fsp3) is 0.902. The molecule has 6 unspecified atom stereocenters. The summed E-state index contributed by atoms with van der Waals surface area (Å²) < 4.78 is 77.9. The van der Waals surface area contributed by atoms with Gasteiger partial charge in [-0.05, 0) is 51.4 Å². The second kappa shape index (κ2) is 74.4. The van der Waals surface area contributed by atoms with E-state index in [0.29, 0.717) is 51.4 Å². The number of hydrogen-bond donors (Lipinski definition) is 0. The van der Waals surface area contributed by atoms with Gasteiger partial charge in [-0.2, -0.15) is 0 Å². The van der Waals surface area contributed by atoms with Gasteiger partial charge in [0.05, 0.1) is 66.1 Å². The topological polar surface area (TPSA) is 257 Å². The van der Waals surface area contributed by atoms with E-state index < -0.39 is 72.4 Å². The largest absolute Gasteiger partial charge is 0.462 e. The van der Waals surface area contributed by atoms with E-state index in [-0.39, 0.29) is 143 Å². The molecular formula is C82H150O21. The Morgan fingerprint density at radius 2 is 0.291 bits per heavy atom. The molecule has 0 spiro atoms. The molecule has 0 bridgehead atoms. The molecule has 6 atom stereocenters. The van der Waals surface area contributed by atoms with Crippen molar-refractivity contribution in [3.8, 4) is 0 Å². The van der Waals surface area contributed by atoms with Crippen LogP contribution in [0.5, 0.6) is 0 Å². The van der Waals surface area contributed by atoms with Gasteiger partial charge in [-0.3, -0.25) is 38.4 Å². The highest BCUT2D eigenvalue weighted by Gasteiger charge is 2.26. The van der Waals surface area contributed by atoms with Crippen LogP contribution in [0.25, 0.3) is 0 Å². The molecule has 0 aromatic rings. The van der Waals surface area contributed by atoms with E-state index in [2.05, 4.69) is 55.4 Å². The third kappa shape index (κ3) is 66.7. The van der Waals surface area contributed by atoms with Crippen molar-refractivity contribution >= 4 is 47.8 Å². The highest BCUT2D eigenvalue weighted by atomic mass is 16.6. The Bertz CT molecular complexity index is 1880. The van der Waals surface area contributed by atoms with Crippen molar-refractivity contribution in [3.63, 3.8) is 0 Å². The average molecular weight is 1470 g/mol. The van der Waals surface area contributed by atoms with Crippen LogP contribution in [0.1, 0.15) is 364 Å². The van der Waals surface area contributed by atoms with Crippen molar-refractivity contribution in [2.75, 3.05) is 79.3 Å². The van der Waals surface area contributed by atoms with Gasteiger partial charge in [0.25, 0.3) is 0 Å². The van der Waals surface area contributed by atoms with Crippen LogP contribution in [0.2, 0.25) is 0 Å². The third-order valence-corrected chi connectivity index (χ3v) is 17.6. The third-order valence-electron chi connectivity index (χ3n) is 17.6. The predicted molar refractivity (Wildman–Crippen MR) is 402 cm³/mol. The van der Waals surface area contributed by atoms with E-state index in [9.17, 15) is 38.4 Å². The maximum atomic E-state index is 13.5. The van der Waals surface area contributed by atoms with Crippen molar-refractivity contribution in [3.05, 3.63) is 0 Å². The lowest BCUT2D eigenvalue weighted by Gasteiger charge is -2.24. The molecule has 21 heteroatoms. The summed E-state index contributed by atoms with van der Waals surface area (Å²) in [5, 5.41) is 0. The van der Waals surface area contributed by atoms with Gasteiger partial charge in [0.2, 0.25) is 0 Å². The van der Waals surface area contributed by atoms with Crippen LogP contribution in [0.3, 0.4) is 0 Å². The first-order valence-corrected chi connectivity index (χ1v) is 41.5. The van der Waals surface area contributed by atoms with Gasteiger partial charge in [0, 0.05) is 51.4 Å². The van der Waals surface area contributed by atoms with E-state index in [1.165, 1.54) is 0 Å². The lowest BCUT2D eigenvalue weighted by atomic mass is 10.1. The molecule has 103 heavy (non-hydrogen) atoms. The first kappa shape index (κ1) is 98.6. The average Bonchev–Trinajstić information content (AvgIpc) is 1.07. The molecule has 0 rings (SSSR count). The number of esters is 8. The molecule has 0 aliphatic heterocycles. The Kier molecular flexibility index (Phi) is 71.2. The molecule has 0 saturated heterocycles. The second-order valence-electron chi connectivity index (χ2n) is 28.0. The molecule has 0 aliphatic rings. The summed E-state index contributed by atoms with van der Waals surface area (Å²) in [6.07, 6.45) is 33.6. The number of carbonyl (C=O) groups is 8. The standard InChI is InChI=1S/C82H150O21/c1-9-17-25-33-41-49-75(83)96-67-73(102-81(89)55-47-39-31-23-15-7)65-94-63-71(100-79(87)53-45-37-29-21-13-5)61-92-59-69(98-77(85)51-43-35-27-19-11-3)57-91-58-70(99-78(86)52-44-36-28-20-12-4)60-93-62-72(101-80(88)54-46-38-30-22-14-6)64-95-66-74(103-82(90)56-48-40-32-24-16-8)68-97-76(84)50-42-34-26-18-10-2/h69-74H,9-68H2,1-8H3.